The van der Waals surface area contributed by atoms with Gasteiger partial charge in [-0.1, -0.05) is 23.2 Å². The Kier molecular flexibility index (Phi) is 6.76. The van der Waals surface area contributed by atoms with Gasteiger partial charge in [-0.2, -0.15) is 0 Å². The fraction of sp³-hybridized carbons (Fsp3) is 0.300. The maximum absolute atomic E-state index is 11.1. The molecule has 0 saturated carbocycles. The highest BCUT2D eigenvalue weighted by Crippen LogP contribution is 2.21. The molecule has 3 nitrogen and oxygen atoms in total. The van der Waals surface area contributed by atoms with Crippen LogP contribution in [0.2, 0.25) is 10.0 Å². The Labute approximate surface area is 110 Å². The summed E-state index contributed by atoms with van der Waals surface area (Å²) in [7, 11) is 1.29. The third-order valence-corrected chi connectivity index (χ3v) is 2.56. The van der Waals surface area contributed by atoms with Crippen LogP contribution in [-0.4, -0.2) is 19.1 Å². The molecular formula is C10H12Cl3NO2. The minimum Gasteiger partial charge on any atom is -0.468 e. The van der Waals surface area contributed by atoms with Crippen LogP contribution in [0.25, 0.3) is 0 Å². The molecule has 0 aliphatic heterocycles. The zero-order chi connectivity index (χ0) is 11.4. The lowest BCUT2D eigenvalue weighted by Crippen LogP contribution is -2.33. The number of hydrogen-bond donors (Lipinski definition) is 1. The van der Waals surface area contributed by atoms with Crippen molar-refractivity contribution in [1.82, 2.24) is 0 Å². The molecule has 0 unspecified atom stereocenters. The Hall–Kier alpha value is -0.480. The van der Waals surface area contributed by atoms with Crippen molar-refractivity contribution in [2.75, 3.05) is 7.11 Å². The summed E-state index contributed by atoms with van der Waals surface area (Å²) in [6.07, 6.45) is 0.312. The predicted octanol–water partition coefficient (Wildman–Crippen LogP) is 2.46. The van der Waals surface area contributed by atoms with Crippen LogP contribution in [0.1, 0.15) is 5.56 Å². The number of methoxy groups -OCH3 is 1. The van der Waals surface area contributed by atoms with Crippen LogP contribution in [0.5, 0.6) is 0 Å². The van der Waals surface area contributed by atoms with Crippen LogP contribution >= 0.6 is 35.6 Å². The number of carbonyl (C=O) groups is 1. The van der Waals surface area contributed by atoms with Gasteiger partial charge in [0.25, 0.3) is 0 Å². The monoisotopic (exact) mass is 283 g/mol. The van der Waals surface area contributed by atoms with Gasteiger partial charge in [0.1, 0.15) is 6.04 Å². The average Bonchev–Trinajstić information content (AvgIpc) is 2.22. The smallest absolute Gasteiger partial charge is 0.322 e. The molecule has 0 saturated heterocycles. The molecule has 0 amide bonds. The van der Waals surface area contributed by atoms with E-state index in [0.717, 1.165) is 5.56 Å². The van der Waals surface area contributed by atoms with Crippen molar-refractivity contribution in [3.8, 4) is 0 Å². The minimum absolute atomic E-state index is 0. The van der Waals surface area contributed by atoms with Gasteiger partial charge in [-0.25, -0.2) is 0 Å². The van der Waals surface area contributed by atoms with Crippen LogP contribution < -0.4 is 5.73 Å². The SMILES string of the molecule is COC(=O)[C@@H](N)Cc1cc(Cl)ccc1Cl.Cl. The molecule has 0 aliphatic carbocycles. The standard InChI is InChI=1S/C10H11Cl2NO2.ClH/c1-15-10(14)9(13)5-6-4-7(11)2-3-8(6)12;/h2-4,9H,5,13H2,1H3;1H/t9-;/m0./s1. The number of esters is 1. The fourth-order valence-electron chi connectivity index (χ4n) is 1.17. The van der Waals surface area contributed by atoms with E-state index < -0.39 is 12.0 Å². The quantitative estimate of drug-likeness (QED) is 0.868. The van der Waals surface area contributed by atoms with Gasteiger partial charge < -0.3 is 10.5 Å². The highest BCUT2D eigenvalue weighted by Gasteiger charge is 2.15. The first-order valence-corrected chi connectivity index (χ1v) is 5.07. The Bertz CT molecular complexity index is 371. The predicted molar refractivity (Wildman–Crippen MR) is 67.4 cm³/mol. The molecule has 90 valence electrons. The minimum atomic E-state index is -0.717. The number of rotatable bonds is 3. The van der Waals surface area contributed by atoms with E-state index in [1.54, 1.807) is 18.2 Å². The second-order valence-electron chi connectivity index (χ2n) is 3.07. The molecular weight excluding hydrogens is 272 g/mol. The van der Waals surface area contributed by atoms with Crippen molar-refractivity contribution in [1.29, 1.82) is 0 Å². The molecule has 0 bridgehead atoms. The first kappa shape index (κ1) is 15.5. The van der Waals surface area contributed by atoms with Crippen LogP contribution in [0.3, 0.4) is 0 Å². The summed E-state index contributed by atoms with van der Waals surface area (Å²) in [6, 6.07) is 4.32. The highest BCUT2D eigenvalue weighted by molar-refractivity contribution is 6.33. The van der Waals surface area contributed by atoms with Gasteiger partial charge in [0, 0.05) is 10.0 Å². The average molecular weight is 285 g/mol. The summed E-state index contributed by atoms with van der Waals surface area (Å²) in [5.74, 6) is -0.467. The molecule has 1 aromatic rings. The number of nitrogens with two attached hydrogens (primary N) is 1. The number of ether oxygens (including phenoxy) is 1. The van der Waals surface area contributed by atoms with E-state index in [9.17, 15) is 4.79 Å². The summed E-state index contributed by atoms with van der Waals surface area (Å²) in [5.41, 5.74) is 6.34. The molecule has 0 radical (unpaired) electrons. The summed E-state index contributed by atoms with van der Waals surface area (Å²) < 4.78 is 4.51. The first-order valence-electron chi connectivity index (χ1n) is 4.32. The van der Waals surface area contributed by atoms with Crippen molar-refractivity contribution in [2.24, 2.45) is 5.73 Å². The molecule has 1 aromatic carbocycles. The van der Waals surface area contributed by atoms with E-state index in [-0.39, 0.29) is 12.4 Å². The van der Waals surface area contributed by atoms with Crippen molar-refractivity contribution in [3.63, 3.8) is 0 Å². The van der Waals surface area contributed by atoms with Crippen molar-refractivity contribution < 1.29 is 9.53 Å². The molecule has 0 spiro atoms. The molecule has 1 rings (SSSR count). The van der Waals surface area contributed by atoms with E-state index in [4.69, 9.17) is 28.9 Å². The van der Waals surface area contributed by atoms with Crippen LogP contribution in [0.15, 0.2) is 18.2 Å². The van der Waals surface area contributed by atoms with Crippen LogP contribution in [0.4, 0.5) is 0 Å². The summed E-state index contributed by atoms with van der Waals surface area (Å²) >= 11 is 11.7. The lowest BCUT2D eigenvalue weighted by atomic mass is 10.1. The lowest BCUT2D eigenvalue weighted by molar-refractivity contribution is -0.142. The maximum atomic E-state index is 11.1. The lowest BCUT2D eigenvalue weighted by Gasteiger charge is -2.10. The maximum Gasteiger partial charge on any atom is 0.322 e. The van der Waals surface area contributed by atoms with Crippen molar-refractivity contribution >= 4 is 41.6 Å². The van der Waals surface area contributed by atoms with E-state index in [0.29, 0.717) is 16.5 Å². The molecule has 6 heteroatoms. The van der Waals surface area contributed by atoms with Crippen LogP contribution in [0, 0.1) is 0 Å². The van der Waals surface area contributed by atoms with Gasteiger partial charge in [-0.15, -0.1) is 12.4 Å². The fourth-order valence-corrected chi connectivity index (χ4v) is 1.56. The van der Waals surface area contributed by atoms with Gasteiger partial charge in [0.15, 0.2) is 0 Å². The molecule has 2 N–H and O–H groups in total. The van der Waals surface area contributed by atoms with Gasteiger partial charge >= 0.3 is 5.97 Å². The summed E-state index contributed by atoms with van der Waals surface area (Å²) in [4.78, 5) is 11.1. The molecule has 0 aliphatic rings. The molecule has 0 fully saturated rings. The zero-order valence-electron chi connectivity index (χ0n) is 8.57. The topological polar surface area (TPSA) is 52.3 Å². The van der Waals surface area contributed by atoms with Gasteiger partial charge in [0.05, 0.1) is 7.11 Å². The van der Waals surface area contributed by atoms with Gasteiger partial charge in [-0.05, 0) is 30.2 Å². The third-order valence-electron chi connectivity index (χ3n) is 1.95. The van der Waals surface area contributed by atoms with Crippen molar-refractivity contribution in [3.05, 3.63) is 33.8 Å². The van der Waals surface area contributed by atoms with E-state index >= 15 is 0 Å². The summed E-state index contributed by atoms with van der Waals surface area (Å²) in [5, 5.41) is 1.10. The molecule has 0 aromatic heterocycles. The number of halogens is 3. The van der Waals surface area contributed by atoms with Gasteiger partial charge in [-0.3, -0.25) is 4.79 Å². The normalized spacial score (nSPS) is 11.5. The second kappa shape index (κ2) is 6.97. The Morgan fingerprint density at radius 1 is 1.50 bits per heavy atom. The Morgan fingerprint density at radius 3 is 2.69 bits per heavy atom. The molecule has 16 heavy (non-hydrogen) atoms. The van der Waals surface area contributed by atoms with Gasteiger partial charge in [0.2, 0.25) is 0 Å². The van der Waals surface area contributed by atoms with Crippen LogP contribution in [-0.2, 0) is 16.0 Å². The second-order valence-corrected chi connectivity index (χ2v) is 3.91. The third kappa shape index (κ3) is 4.18. The first-order chi connectivity index (χ1) is 7.04. The largest absolute Gasteiger partial charge is 0.468 e. The summed E-state index contributed by atoms with van der Waals surface area (Å²) in [6.45, 7) is 0. The molecule has 1 atom stereocenters. The number of benzene rings is 1. The zero-order valence-corrected chi connectivity index (χ0v) is 10.9. The van der Waals surface area contributed by atoms with Crippen molar-refractivity contribution in [2.45, 2.75) is 12.5 Å². The Morgan fingerprint density at radius 2 is 2.12 bits per heavy atom. The number of hydrogen-bond acceptors (Lipinski definition) is 3. The van der Waals surface area contributed by atoms with E-state index in [1.165, 1.54) is 7.11 Å². The van der Waals surface area contributed by atoms with E-state index in [2.05, 4.69) is 4.74 Å². The molecule has 0 heterocycles. The van der Waals surface area contributed by atoms with E-state index in [1.807, 2.05) is 0 Å². The highest BCUT2D eigenvalue weighted by atomic mass is 35.5. The number of carbonyl (C=O) groups excluding carboxylic acids is 1. The Balaban J connectivity index is 0.00000225.